The summed E-state index contributed by atoms with van der Waals surface area (Å²) in [5, 5.41) is 14.9. The van der Waals surface area contributed by atoms with Crippen LogP contribution in [0.25, 0.3) is 5.65 Å². The lowest BCUT2D eigenvalue weighted by molar-refractivity contribution is 0.573. The minimum atomic E-state index is 0.502. The van der Waals surface area contributed by atoms with Gasteiger partial charge in [0.1, 0.15) is 6.54 Å². The Hall–Kier alpha value is -2.11. The fourth-order valence-electron chi connectivity index (χ4n) is 1.97. The Labute approximate surface area is 125 Å². The second-order valence-corrected chi connectivity index (χ2v) is 5.35. The van der Waals surface area contributed by atoms with Crippen LogP contribution in [0.5, 0.6) is 0 Å². The lowest BCUT2D eigenvalue weighted by atomic mass is 10.1. The summed E-state index contributed by atoms with van der Waals surface area (Å²) in [6, 6.07) is 5.86. The molecule has 0 aliphatic rings. The number of hydrogen-bond acceptors (Lipinski definition) is 3. The van der Waals surface area contributed by atoms with E-state index in [1.54, 1.807) is 0 Å². The largest absolute Gasteiger partial charge is 0.357 e. The Morgan fingerprint density at radius 2 is 2.14 bits per heavy atom. The summed E-state index contributed by atoms with van der Waals surface area (Å²) in [6.45, 7) is 8.76. The molecule has 0 saturated carbocycles. The molecule has 6 nitrogen and oxygen atoms in total. The van der Waals surface area contributed by atoms with Crippen LogP contribution in [0.15, 0.2) is 29.4 Å². The van der Waals surface area contributed by atoms with Crippen LogP contribution in [0.3, 0.4) is 0 Å². The maximum absolute atomic E-state index is 4.57. The summed E-state index contributed by atoms with van der Waals surface area (Å²) in [5.41, 5.74) is 0.848. The van der Waals surface area contributed by atoms with Gasteiger partial charge in [-0.2, -0.15) is 0 Å². The van der Waals surface area contributed by atoms with Gasteiger partial charge in [0.25, 0.3) is 0 Å². The SMILES string of the molecule is CCNC(=NCc1nnc2ccccn12)NCCC(C)C. The highest BCUT2D eigenvalue weighted by atomic mass is 15.3. The first-order valence-corrected chi connectivity index (χ1v) is 7.51. The van der Waals surface area contributed by atoms with E-state index in [4.69, 9.17) is 0 Å². The van der Waals surface area contributed by atoms with Crippen molar-refractivity contribution in [2.75, 3.05) is 13.1 Å². The second-order valence-electron chi connectivity index (χ2n) is 5.35. The molecule has 0 atom stereocenters. The average molecular weight is 288 g/mol. The molecule has 2 aromatic heterocycles. The van der Waals surface area contributed by atoms with E-state index in [2.05, 4.69) is 46.6 Å². The molecule has 6 heteroatoms. The zero-order valence-electron chi connectivity index (χ0n) is 13.0. The molecule has 0 bridgehead atoms. The quantitative estimate of drug-likeness (QED) is 0.628. The first kappa shape index (κ1) is 15.3. The molecule has 0 amide bonds. The highest BCUT2D eigenvalue weighted by molar-refractivity contribution is 5.79. The summed E-state index contributed by atoms with van der Waals surface area (Å²) >= 11 is 0. The van der Waals surface area contributed by atoms with Crippen molar-refractivity contribution in [2.45, 2.75) is 33.7 Å². The van der Waals surface area contributed by atoms with Crippen LogP contribution in [0.4, 0.5) is 0 Å². The van der Waals surface area contributed by atoms with Crippen molar-refractivity contribution < 1.29 is 0 Å². The number of nitrogens with one attached hydrogen (secondary N) is 2. The topological polar surface area (TPSA) is 66.6 Å². The van der Waals surface area contributed by atoms with E-state index in [1.165, 1.54) is 0 Å². The number of nitrogens with zero attached hydrogens (tertiary/aromatic N) is 4. The van der Waals surface area contributed by atoms with Crippen LogP contribution in [-0.4, -0.2) is 33.6 Å². The first-order valence-electron chi connectivity index (χ1n) is 7.51. The molecule has 0 aliphatic heterocycles. The zero-order valence-corrected chi connectivity index (χ0v) is 13.0. The van der Waals surface area contributed by atoms with Gasteiger partial charge < -0.3 is 10.6 Å². The van der Waals surface area contributed by atoms with E-state index in [-0.39, 0.29) is 0 Å². The molecule has 0 saturated heterocycles. The van der Waals surface area contributed by atoms with Crippen LogP contribution in [0.1, 0.15) is 33.0 Å². The molecule has 0 radical (unpaired) electrons. The van der Waals surface area contributed by atoms with E-state index >= 15 is 0 Å². The van der Waals surface area contributed by atoms with Gasteiger partial charge in [0.15, 0.2) is 17.4 Å². The maximum Gasteiger partial charge on any atom is 0.191 e. The molecule has 0 spiro atoms. The van der Waals surface area contributed by atoms with E-state index in [1.807, 2.05) is 28.8 Å². The van der Waals surface area contributed by atoms with Gasteiger partial charge in [-0.1, -0.05) is 19.9 Å². The predicted molar refractivity (Wildman–Crippen MR) is 85.3 cm³/mol. The fourth-order valence-corrected chi connectivity index (χ4v) is 1.97. The second kappa shape index (κ2) is 7.61. The van der Waals surface area contributed by atoms with Gasteiger partial charge in [-0.05, 0) is 31.4 Å². The number of fused-ring (bicyclic) bond motifs is 1. The Balaban J connectivity index is 2.01. The number of guanidine groups is 1. The van der Waals surface area contributed by atoms with E-state index in [9.17, 15) is 0 Å². The third kappa shape index (κ3) is 4.44. The minimum Gasteiger partial charge on any atom is -0.357 e. The fraction of sp³-hybridized carbons (Fsp3) is 0.533. The summed E-state index contributed by atoms with van der Waals surface area (Å²) in [7, 11) is 0. The number of hydrogen-bond donors (Lipinski definition) is 2. The van der Waals surface area contributed by atoms with Gasteiger partial charge in [0, 0.05) is 19.3 Å². The van der Waals surface area contributed by atoms with Crippen molar-refractivity contribution in [1.29, 1.82) is 0 Å². The van der Waals surface area contributed by atoms with Crippen LogP contribution < -0.4 is 10.6 Å². The maximum atomic E-state index is 4.57. The molecule has 21 heavy (non-hydrogen) atoms. The molecule has 2 N–H and O–H groups in total. The van der Waals surface area contributed by atoms with Crippen molar-refractivity contribution in [3.63, 3.8) is 0 Å². The molecule has 0 unspecified atom stereocenters. The molecule has 114 valence electrons. The normalized spacial score (nSPS) is 12.1. The molecular formula is C15H24N6. The number of aromatic nitrogens is 3. The zero-order chi connectivity index (χ0) is 15.1. The van der Waals surface area contributed by atoms with Crippen molar-refractivity contribution in [2.24, 2.45) is 10.9 Å². The van der Waals surface area contributed by atoms with Crippen molar-refractivity contribution in [1.82, 2.24) is 25.2 Å². The van der Waals surface area contributed by atoms with Crippen molar-refractivity contribution in [3.8, 4) is 0 Å². The summed E-state index contributed by atoms with van der Waals surface area (Å²) in [4.78, 5) is 4.57. The smallest absolute Gasteiger partial charge is 0.191 e. The number of pyridine rings is 1. The Morgan fingerprint density at radius 1 is 1.29 bits per heavy atom. The third-order valence-electron chi connectivity index (χ3n) is 3.12. The van der Waals surface area contributed by atoms with Crippen LogP contribution in [0.2, 0.25) is 0 Å². The monoisotopic (exact) mass is 288 g/mol. The first-order chi connectivity index (χ1) is 10.2. The number of rotatable bonds is 6. The molecular weight excluding hydrogens is 264 g/mol. The highest BCUT2D eigenvalue weighted by Crippen LogP contribution is 2.03. The Morgan fingerprint density at radius 3 is 2.90 bits per heavy atom. The summed E-state index contributed by atoms with van der Waals surface area (Å²) < 4.78 is 1.96. The highest BCUT2D eigenvalue weighted by Gasteiger charge is 2.04. The van der Waals surface area contributed by atoms with Crippen LogP contribution in [0, 0.1) is 5.92 Å². The summed E-state index contributed by atoms with van der Waals surface area (Å²) in [5.74, 6) is 2.35. The standard InChI is InChI=1S/C15H24N6/c1-4-16-15(17-9-8-12(2)3)18-11-14-20-19-13-7-5-6-10-21(13)14/h5-7,10,12H,4,8-9,11H2,1-3H3,(H2,16,17,18). The molecule has 2 rings (SSSR count). The van der Waals surface area contributed by atoms with Crippen molar-refractivity contribution in [3.05, 3.63) is 30.2 Å². The minimum absolute atomic E-state index is 0.502. The molecule has 2 heterocycles. The third-order valence-corrected chi connectivity index (χ3v) is 3.12. The van der Waals surface area contributed by atoms with E-state index in [0.29, 0.717) is 12.5 Å². The summed E-state index contributed by atoms with van der Waals surface area (Å²) in [6.07, 6.45) is 3.08. The van der Waals surface area contributed by atoms with Gasteiger partial charge in [0.2, 0.25) is 0 Å². The van der Waals surface area contributed by atoms with Gasteiger partial charge in [0.05, 0.1) is 0 Å². The Kier molecular flexibility index (Phi) is 5.54. The molecule has 0 aliphatic carbocycles. The number of aliphatic imine (C=N–C) groups is 1. The van der Waals surface area contributed by atoms with Crippen LogP contribution >= 0.6 is 0 Å². The van der Waals surface area contributed by atoms with Crippen LogP contribution in [-0.2, 0) is 6.54 Å². The van der Waals surface area contributed by atoms with Gasteiger partial charge >= 0.3 is 0 Å². The van der Waals surface area contributed by atoms with Gasteiger partial charge in [-0.3, -0.25) is 4.40 Å². The molecule has 0 aromatic carbocycles. The van der Waals surface area contributed by atoms with Gasteiger partial charge in [-0.25, -0.2) is 4.99 Å². The molecule has 2 aromatic rings. The lowest BCUT2D eigenvalue weighted by Gasteiger charge is -2.12. The van der Waals surface area contributed by atoms with Gasteiger partial charge in [-0.15, -0.1) is 10.2 Å². The Bertz CT molecular complexity index is 587. The molecule has 0 fully saturated rings. The lowest BCUT2D eigenvalue weighted by Crippen LogP contribution is -2.38. The van der Waals surface area contributed by atoms with E-state index in [0.717, 1.165) is 36.9 Å². The average Bonchev–Trinajstić information content (AvgIpc) is 2.88. The van der Waals surface area contributed by atoms with E-state index < -0.39 is 0 Å². The predicted octanol–water partition coefficient (Wildman–Crippen LogP) is 1.83. The van der Waals surface area contributed by atoms with Crippen molar-refractivity contribution >= 4 is 11.6 Å².